The summed E-state index contributed by atoms with van der Waals surface area (Å²) in [5, 5.41) is 17.7. The number of Topliss-reactive ketones (excluding diaryl/α,β-unsaturated/α-hetero) is 1. The maximum atomic E-state index is 13.0. The van der Waals surface area contributed by atoms with E-state index >= 15 is 0 Å². The van der Waals surface area contributed by atoms with Crippen molar-refractivity contribution in [2.75, 3.05) is 7.05 Å². The fourth-order valence-electron chi connectivity index (χ4n) is 4.51. The maximum Gasteiger partial charge on any atom is 0.488 e. The van der Waals surface area contributed by atoms with Gasteiger partial charge >= 0.3 is 7.12 Å². The molecule has 3 aromatic carbocycles. The van der Waals surface area contributed by atoms with Crippen molar-refractivity contribution in [2.24, 2.45) is 10.7 Å². The Hall–Kier alpha value is -3.47. The van der Waals surface area contributed by atoms with Crippen molar-refractivity contribution in [3.05, 3.63) is 94.0 Å². The number of aliphatic imine (C=N–C) groups is 1. The van der Waals surface area contributed by atoms with Crippen LogP contribution in [0.4, 0.5) is 0 Å². The Morgan fingerprint density at radius 2 is 1.89 bits per heavy atom. The number of rotatable bonds is 4. The van der Waals surface area contributed by atoms with Gasteiger partial charge in [0.05, 0.1) is 0 Å². The largest absolute Gasteiger partial charge is 0.488 e. The number of likely N-dealkylation sites (N-methyl/N-ethyl adjacent to an activating group) is 1. The molecule has 37 heavy (non-hydrogen) atoms. The molecule has 5 rings (SSSR count). The average molecular weight is 564 g/mol. The molecule has 3 aromatic rings. The zero-order valence-electron chi connectivity index (χ0n) is 20.5. The number of benzene rings is 3. The highest BCUT2D eigenvalue weighted by Crippen LogP contribution is 2.50. The molecule has 10 heteroatoms. The van der Waals surface area contributed by atoms with E-state index in [9.17, 15) is 9.59 Å². The minimum absolute atomic E-state index is 0.0598. The number of carbonyl (C=O) groups excluding carboxylic acids is 2. The number of amides is 1. The summed E-state index contributed by atoms with van der Waals surface area (Å²) in [7, 11) is 0.188. The first-order chi connectivity index (χ1) is 17.6. The van der Waals surface area contributed by atoms with E-state index in [1.54, 1.807) is 31.3 Å². The van der Waals surface area contributed by atoms with Crippen LogP contribution in [0, 0.1) is 0 Å². The second-order valence-electron chi connectivity index (χ2n) is 9.05. The number of ketones is 1. The van der Waals surface area contributed by atoms with Crippen LogP contribution in [0.3, 0.4) is 0 Å². The lowest BCUT2D eigenvalue weighted by Gasteiger charge is -2.36. The number of nitrogens with zero attached hydrogens (tertiary/aromatic N) is 2. The lowest BCUT2D eigenvalue weighted by atomic mass is 9.79. The summed E-state index contributed by atoms with van der Waals surface area (Å²) in [6.45, 7) is 1.50. The van der Waals surface area contributed by atoms with Gasteiger partial charge in [0.1, 0.15) is 17.6 Å². The molecule has 0 radical (unpaired) electrons. The molecule has 190 valence electrons. The molecule has 0 aliphatic carbocycles. The minimum Gasteiger partial charge on any atom is -0.485 e. The number of hydrogen-bond acceptors (Lipinski definition) is 7. The van der Waals surface area contributed by atoms with Gasteiger partial charge in [0, 0.05) is 29.9 Å². The zero-order chi connectivity index (χ0) is 26.7. The molecular formula is C27H27BBrN3O5. The summed E-state index contributed by atoms with van der Waals surface area (Å²) in [6, 6.07) is 22.2. The van der Waals surface area contributed by atoms with Crippen molar-refractivity contribution < 1.29 is 24.4 Å². The monoisotopic (exact) mass is 563 g/mol. The topological polar surface area (TPSA) is 125 Å². The van der Waals surface area contributed by atoms with E-state index in [0.717, 1.165) is 21.2 Å². The molecule has 1 amide bonds. The van der Waals surface area contributed by atoms with Crippen molar-refractivity contribution in [1.29, 1.82) is 0 Å². The van der Waals surface area contributed by atoms with Crippen LogP contribution in [0.25, 0.3) is 0 Å². The molecule has 0 saturated carbocycles. The predicted octanol–water partition coefficient (Wildman–Crippen LogP) is 2.45. The Balaban J connectivity index is 0.000000209. The van der Waals surface area contributed by atoms with E-state index < -0.39 is 12.7 Å². The normalized spacial score (nSPS) is 19.9. The maximum absolute atomic E-state index is 13.0. The molecule has 0 fully saturated rings. The van der Waals surface area contributed by atoms with Gasteiger partial charge in [0.25, 0.3) is 5.91 Å². The third-order valence-electron chi connectivity index (χ3n) is 6.32. The fraction of sp³-hybridized carbons (Fsp3) is 0.222. The first kappa shape index (κ1) is 26.6. The third-order valence-corrected chi connectivity index (χ3v) is 6.81. The third kappa shape index (κ3) is 5.61. The van der Waals surface area contributed by atoms with Crippen molar-refractivity contribution in [1.82, 2.24) is 4.90 Å². The molecule has 2 unspecified atom stereocenters. The SMILES string of the molecule is CC(=O)Cc1cccc(B(O)O)c1.CN1C(=O)C2(CC(c3ccccc3)Oc3ccc(Br)cc32)N=C1N. The van der Waals surface area contributed by atoms with Crippen molar-refractivity contribution in [3.8, 4) is 5.75 Å². The van der Waals surface area contributed by atoms with E-state index in [4.69, 9.17) is 20.5 Å². The average Bonchev–Trinajstić information content (AvgIpc) is 3.08. The summed E-state index contributed by atoms with van der Waals surface area (Å²) in [4.78, 5) is 29.8. The zero-order valence-corrected chi connectivity index (χ0v) is 22.1. The summed E-state index contributed by atoms with van der Waals surface area (Å²) < 4.78 is 7.05. The van der Waals surface area contributed by atoms with E-state index in [2.05, 4.69) is 20.9 Å². The van der Waals surface area contributed by atoms with E-state index in [1.165, 1.54) is 11.8 Å². The summed E-state index contributed by atoms with van der Waals surface area (Å²) in [5.41, 5.74) is 7.91. The van der Waals surface area contributed by atoms with Crippen LogP contribution in [-0.4, -0.2) is 46.8 Å². The van der Waals surface area contributed by atoms with E-state index in [-0.39, 0.29) is 23.8 Å². The Morgan fingerprint density at radius 1 is 1.16 bits per heavy atom. The Bertz CT molecular complexity index is 1350. The lowest BCUT2D eigenvalue weighted by molar-refractivity contribution is -0.132. The number of carbonyl (C=O) groups is 2. The Kier molecular flexibility index (Phi) is 7.82. The first-order valence-electron chi connectivity index (χ1n) is 11.7. The molecule has 0 aromatic heterocycles. The van der Waals surface area contributed by atoms with Crippen LogP contribution >= 0.6 is 15.9 Å². The highest BCUT2D eigenvalue weighted by molar-refractivity contribution is 9.10. The van der Waals surface area contributed by atoms with Crippen LogP contribution in [0.5, 0.6) is 5.75 Å². The van der Waals surface area contributed by atoms with Crippen LogP contribution in [0.15, 0.2) is 82.3 Å². The van der Waals surface area contributed by atoms with Gasteiger partial charge in [-0.25, -0.2) is 4.99 Å². The highest BCUT2D eigenvalue weighted by atomic mass is 79.9. The molecule has 2 heterocycles. The lowest BCUT2D eigenvalue weighted by Crippen LogP contribution is -2.43. The number of fused-ring (bicyclic) bond motifs is 2. The number of hydrogen-bond donors (Lipinski definition) is 3. The molecule has 2 aliphatic rings. The van der Waals surface area contributed by atoms with Gasteiger partial charge in [-0.15, -0.1) is 0 Å². The van der Waals surface area contributed by atoms with Gasteiger partial charge in [-0.1, -0.05) is 70.5 Å². The molecule has 0 bridgehead atoms. The van der Waals surface area contributed by atoms with Crippen LogP contribution in [-0.2, 0) is 21.5 Å². The van der Waals surface area contributed by atoms with Crippen molar-refractivity contribution in [2.45, 2.75) is 31.4 Å². The van der Waals surface area contributed by atoms with Crippen molar-refractivity contribution in [3.63, 3.8) is 0 Å². The molecule has 2 aliphatic heterocycles. The predicted molar refractivity (Wildman–Crippen MR) is 145 cm³/mol. The summed E-state index contributed by atoms with van der Waals surface area (Å²) in [6.07, 6.45) is 0.497. The fourth-order valence-corrected chi connectivity index (χ4v) is 4.88. The number of nitrogens with two attached hydrogens (primary N) is 1. The van der Waals surface area contributed by atoms with Gasteiger partial charge in [-0.3, -0.25) is 14.5 Å². The number of guanidine groups is 1. The van der Waals surface area contributed by atoms with Gasteiger partial charge < -0.3 is 20.5 Å². The number of ether oxygens (including phenoxy) is 1. The van der Waals surface area contributed by atoms with Crippen LogP contribution in [0.2, 0.25) is 0 Å². The second-order valence-corrected chi connectivity index (χ2v) is 9.97. The Labute approximate surface area is 224 Å². The van der Waals surface area contributed by atoms with Crippen molar-refractivity contribution >= 4 is 46.2 Å². The van der Waals surface area contributed by atoms with Gasteiger partial charge in [-0.05, 0) is 41.7 Å². The van der Waals surface area contributed by atoms with E-state index in [0.29, 0.717) is 24.1 Å². The van der Waals surface area contributed by atoms with Crippen LogP contribution < -0.4 is 15.9 Å². The molecular weight excluding hydrogens is 537 g/mol. The minimum atomic E-state index is -1.47. The number of halogens is 1. The van der Waals surface area contributed by atoms with Gasteiger partial charge in [0.2, 0.25) is 0 Å². The van der Waals surface area contributed by atoms with Crippen LogP contribution in [0.1, 0.15) is 36.1 Å². The van der Waals surface area contributed by atoms with Gasteiger partial charge in [-0.2, -0.15) is 0 Å². The van der Waals surface area contributed by atoms with E-state index in [1.807, 2.05) is 48.5 Å². The molecule has 2 atom stereocenters. The summed E-state index contributed by atoms with van der Waals surface area (Å²) >= 11 is 3.47. The molecule has 1 spiro atoms. The molecule has 4 N–H and O–H groups in total. The summed E-state index contributed by atoms with van der Waals surface area (Å²) in [5.74, 6) is 0.839. The molecule has 8 nitrogen and oxygen atoms in total. The first-order valence-corrected chi connectivity index (χ1v) is 12.5. The second kappa shape index (κ2) is 10.9. The van der Waals surface area contributed by atoms with Gasteiger partial charge in [0.15, 0.2) is 11.5 Å². The Morgan fingerprint density at radius 3 is 2.51 bits per heavy atom. The highest BCUT2D eigenvalue weighted by Gasteiger charge is 2.53. The smallest absolute Gasteiger partial charge is 0.485 e. The molecule has 0 saturated heterocycles. The standard InChI is InChI=1S/C18H16BrN3O2.C9H11BO3/c1-22-16(23)18(21-17(22)20)10-15(11-5-3-2-4-6-11)24-14-8-7-12(19)9-13(14)18;1-7(11)5-8-3-2-4-9(6-8)10(12)13/h2-9,15H,10H2,1H3,(H2,20,21);2-4,6,12-13H,5H2,1H3. The quantitative estimate of drug-likeness (QED) is 0.419.